The fraction of sp³-hybridized carbons (Fsp3) is 0.389. The molecule has 3 aliphatic rings. The lowest BCUT2D eigenvalue weighted by Crippen LogP contribution is -2.28. The van der Waals surface area contributed by atoms with E-state index in [-0.39, 0.29) is 35.5 Å². The van der Waals surface area contributed by atoms with E-state index >= 15 is 0 Å². The minimum Gasteiger partial charge on any atom is -0.493 e. The van der Waals surface area contributed by atoms with Crippen LogP contribution in [-0.2, 0) is 9.59 Å². The average Bonchev–Trinajstić information content (AvgIpc) is 3.28. The van der Waals surface area contributed by atoms with Crippen molar-refractivity contribution < 1.29 is 19.1 Å². The Bertz CT molecular complexity index is 790. The summed E-state index contributed by atoms with van der Waals surface area (Å²) < 4.78 is 10.4. The summed E-state index contributed by atoms with van der Waals surface area (Å²) in [4.78, 5) is 25.2. The van der Waals surface area contributed by atoms with Gasteiger partial charge in [0.1, 0.15) is 0 Å². The van der Waals surface area contributed by atoms with Crippen LogP contribution >= 0.6 is 11.6 Å². The Labute approximate surface area is 150 Å². The van der Waals surface area contributed by atoms with Gasteiger partial charge in [-0.1, -0.05) is 23.8 Å². The number of halogens is 1. The van der Waals surface area contributed by atoms with Crippen LogP contribution in [0.4, 0.5) is 0 Å². The fourth-order valence-corrected chi connectivity index (χ4v) is 4.29. The van der Waals surface area contributed by atoms with Crippen LogP contribution in [0.25, 0.3) is 0 Å². The average molecular weight is 361 g/mol. The summed E-state index contributed by atoms with van der Waals surface area (Å²) in [7, 11) is 3.04. The lowest BCUT2D eigenvalue weighted by atomic mass is 9.85. The molecule has 0 N–H and O–H groups in total. The number of carbonyl (C=O) groups excluding carboxylic acids is 2. The highest BCUT2D eigenvalue weighted by Gasteiger charge is 2.59. The van der Waals surface area contributed by atoms with Crippen molar-refractivity contribution in [2.45, 2.75) is 6.42 Å². The van der Waals surface area contributed by atoms with Crippen molar-refractivity contribution in [3.05, 3.63) is 34.9 Å². The first-order valence-electron chi connectivity index (χ1n) is 8.06. The monoisotopic (exact) mass is 360 g/mol. The molecule has 2 fully saturated rings. The third-order valence-corrected chi connectivity index (χ3v) is 5.59. The van der Waals surface area contributed by atoms with Crippen molar-refractivity contribution in [2.75, 3.05) is 14.2 Å². The van der Waals surface area contributed by atoms with Crippen molar-refractivity contribution in [1.29, 1.82) is 0 Å². The quantitative estimate of drug-likeness (QED) is 0.470. The fourth-order valence-electron chi connectivity index (χ4n) is 4.09. The molecule has 130 valence electrons. The molecule has 1 aromatic rings. The predicted octanol–water partition coefficient (Wildman–Crippen LogP) is 2.50. The summed E-state index contributed by atoms with van der Waals surface area (Å²) in [5.41, 5.74) is 0.540. The molecule has 2 amide bonds. The minimum atomic E-state index is -0.263. The lowest BCUT2D eigenvalue weighted by Gasteiger charge is -2.13. The number of amides is 2. The van der Waals surface area contributed by atoms with Gasteiger partial charge in [-0.25, -0.2) is 0 Å². The van der Waals surface area contributed by atoms with Gasteiger partial charge in [0.05, 0.1) is 37.3 Å². The standard InChI is InChI=1S/C18H17ClN2O4/c1-24-13-6-11(12(19)7-14(13)25-2)8-20-21-17(22)15-9-3-4-10(5-9)16(15)18(21)23/h3-4,6-10,15-16H,5H2,1-2H3/t9-,10-,15-,16+/m0/s1. The number of rotatable bonds is 4. The van der Waals surface area contributed by atoms with Gasteiger partial charge >= 0.3 is 0 Å². The van der Waals surface area contributed by atoms with Crippen molar-refractivity contribution in [3.8, 4) is 11.5 Å². The van der Waals surface area contributed by atoms with Gasteiger partial charge in [0.2, 0.25) is 0 Å². The van der Waals surface area contributed by atoms with Crippen LogP contribution in [0, 0.1) is 23.7 Å². The maximum atomic E-state index is 12.6. The van der Waals surface area contributed by atoms with Gasteiger partial charge < -0.3 is 9.47 Å². The largest absolute Gasteiger partial charge is 0.493 e. The Morgan fingerprint density at radius 1 is 1.08 bits per heavy atom. The summed E-state index contributed by atoms with van der Waals surface area (Å²) in [6.07, 6.45) is 6.41. The molecule has 1 saturated carbocycles. The number of carbonyl (C=O) groups is 2. The molecule has 7 heteroatoms. The third-order valence-electron chi connectivity index (χ3n) is 5.26. The number of hydrazone groups is 1. The van der Waals surface area contributed by atoms with E-state index in [0.717, 1.165) is 11.4 Å². The molecule has 0 radical (unpaired) electrons. The normalized spacial score (nSPS) is 29.8. The predicted molar refractivity (Wildman–Crippen MR) is 91.7 cm³/mol. The second kappa shape index (κ2) is 5.88. The van der Waals surface area contributed by atoms with Gasteiger partial charge in [-0.05, 0) is 24.3 Å². The van der Waals surface area contributed by atoms with E-state index in [9.17, 15) is 9.59 Å². The molecule has 0 unspecified atom stereocenters. The van der Waals surface area contributed by atoms with Gasteiger partial charge in [-0.15, -0.1) is 0 Å². The Kier molecular flexibility index (Phi) is 3.80. The number of hydrogen-bond acceptors (Lipinski definition) is 5. The van der Waals surface area contributed by atoms with Gasteiger partial charge in [0.25, 0.3) is 11.8 Å². The number of benzene rings is 1. The summed E-state index contributed by atoms with van der Waals surface area (Å²) in [6, 6.07) is 3.26. The minimum absolute atomic E-state index is 0.163. The zero-order valence-corrected chi connectivity index (χ0v) is 14.6. The lowest BCUT2D eigenvalue weighted by molar-refractivity contribution is -0.140. The first-order chi connectivity index (χ1) is 12.0. The van der Waals surface area contributed by atoms with Crippen LogP contribution < -0.4 is 9.47 Å². The van der Waals surface area contributed by atoms with Crippen LogP contribution in [0.15, 0.2) is 29.4 Å². The maximum Gasteiger partial charge on any atom is 0.254 e. The van der Waals surface area contributed by atoms with E-state index < -0.39 is 0 Å². The number of ether oxygens (including phenoxy) is 2. The summed E-state index contributed by atoms with van der Waals surface area (Å²) >= 11 is 6.22. The number of allylic oxidation sites excluding steroid dienone is 2. The van der Waals surface area contributed by atoms with E-state index in [2.05, 4.69) is 17.3 Å². The molecule has 2 aliphatic carbocycles. The second-order valence-electron chi connectivity index (χ2n) is 6.46. The molecular formula is C18H17ClN2O4. The van der Waals surface area contributed by atoms with Crippen LogP contribution in [0.3, 0.4) is 0 Å². The van der Waals surface area contributed by atoms with Crippen LogP contribution in [0.2, 0.25) is 5.02 Å². The molecule has 0 aromatic heterocycles. The molecule has 1 heterocycles. The van der Waals surface area contributed by atoms with Crippen LogP contribution in [0.1, 0.15) is 12.0 Å². The molecule has 1 aromatic carbocycles. The first kappa shape index (κ1) is 16.1. The molecule has 0 spiro atoms. The highest BCUT2D eigenvalue weighted by atomic mass is 35.5. The van der Waals surface area contributed by atoms with Gasteiger partial charge in [-0.2, -0.15) is 10.1 Å². The van der Waals surface area contributed by atoms with Crippen molar-refractivity contribution in [2.24, 2.45) is 28.8 Å². The van der Waals surface area contributed by atoms with Crippen LogP contribution in [-0.4, -0.2) is 37.3 Å². The molecule has 1 saturated heterocycles. The van der Waals surface area contributed by atoms with Crippen LogP contribution in [0.5, 0.6) is 11.5 Å². The summed E-state index contributed by atoms with van der Waals surface area (Å²) in [5.74, 6) is 0.342. The SMILES string of the molecule is COc1cc(Cl)c(C=NN2C(=O)[C@@H]3[C@H](C2=O)[C@H]2C=C[C@H]3C2)cc1OC. The molecule has 6 nitrogen and oxygen atoms in total. The second-order valence-corrected chi connectivity index (χ2v) is 6.87. The Morgan fingerprint density at radius 2 is 1.64 bits per heavy atom. The Hall–Kier alpha value is -2.34. The molecule has 4 rings (SSSR count). The van der Waals surface area contributed by atoms with Crippen molar-refractivity contribution >= 4 is 29.6 Å². The van der Waals surface area contributed by atoms with Crippen molar-refractivity contribution in [1.82, 2.24) is 5.01 Å². The third kappa shape index (κ3) is 2.35. The van der Waals surface area contributed by atoms with Crippen molar-refractivity contribution in [3.63, 3.8) is 0 Å². The van der Waals surface area contributed by atoms with E-state index in [1.54, 1.807) is 12.1 Å². The first-order valence-corrected chi connectivity index (χ1v) is 8.44. The number of nitrogens with zero attached hydrogens (tertiary/aromatic N) is 2. The molecule has 4 atom stereocenters. The molecule has 1 aliphatic heterocycles. The zero-order chi connectivity index (χ0) is 17.7. The number of imide groups is 1. The molecular weight excluding hydrogens is 344 g/mol. The van der Waals surface area contributed by atoms with Gasteiger partial charge in [-0.3, -0.25) is 9.59 Å². The Morgan fingerprint density at radius 3 is 2.20 bits per heavy atom. The zero-order valence-electron chi connectivity index (χ0n) is 13.8. The summed E-state index contributed by atoms with van der Waals surface area (Å²) in [5, 5.41) is 5.51. The van der Waals surface area contributed by atoms with E-state index in [4.69, 9.17) is 21.1 Å². The van der Waals surface area contributed by atoms with E-state index in [1.807, 2.05) is 0 Å². The number of hydrogen-bond donors (Lipinski definition) is 0. The van der Waals surface area contributed by atoms with E-state index in [1.165, 1.54) is 20.4 Å². The molecule has 25 heavy (non-hydrogen) atoms. The molecule has 2 bridgehead atoms. The number of methoxy groups -OCH3 is 2. The van der Waals surface area contributed by atoms with Gasteiger partial charge in [0, 0.05) is 11.6 Å². The number of fused-ring (bicyclic) bond motifs is 5. The summed E-state index contributed by atoms with van der Waals surface area (Å²) in [6.45, 7) is 0. The topological polar surface area (TPSA) is 68.2 Å². The van der Waals surface area contributed by atoms with Gasteiger partial charge in [0.15, 0.2) is 11.5 Å². The smallest absolute Gasteiger partial charge is 0.254 e. The highest BCUT2D eigenvalue weighted by molar-refractivity contribution is 6.33. The maximum absolute atomic E-state index is 12.6. The highest BCUT2D eigenvalue weighted by Crippen LogP contribution is 2.52. The Balaban J connectivity index is 1.61. The van der Waals surface area contributed by atoms with E-state index in [0.29, 0.717) is 22.1 Å².